The Hall–Kier alpha value is -3.43. The molecule has 9 heteroatoms. The number of primary amides is 1. The molecule has 0 radical (unpaired) electrons. The molecule has 7 nitrogen and oxygen atoms in total. The predicted molar refractivity (Wildman–Crippen MR) is 150 cm³/mol. The molecule has 5 rings (SSSR count). The number of anilines is 1. The third kappa shape index (κ3) is 5.06. The molecule has 3 N–H and O–H groups in total. The van der Waals surface area contributed by atoms with Crippen LogP contribution in [0.4, 0.5) is 5.69 Å². The zero-order chi connectivity index (χ0) is 26.3. The van der Waals surface area contributed by atoms with Crippen molar-refractivity contribution in [3.8, 4) is 5.69 Å². The molecule has 0 aliphatic heterocycles. The van der Waals surface area contributed by atoms with Crippen molar-refractivity contribution in [3.63, 3.8) is 0 Å². The Balaban J connectivity index is 1.51. The topological polar surface area (TPSA) is 107 Å². The number of fused-ring (bicyclic) bond motifs is 3. The first-order chi connectivity index (χ1) is 17.7. The highest BCUT2D eigenvalue weighted by molar-refractivity contribution is 7.99. The van der Waals surface area contributed by atoms with E-state index in [0.717, 1.165) is 51.9 Å². The molecule has 0 bridgehead atoms. The molecule has 0 spiro atoms. The van der Waals surface area contributed by atoms with Crippen LogP contribution >= 0.6 is 23.1 Å². The number of aryl methyl sites for hydroxylation is 3. The number of nitrogens with one attached hydrogen (secondary N) is 1. The highest BCUT2D eigenvalue weighted by Crippen LogP contribution is 2.37. The second-order valence-corrected chi connectivity index (χ2v) is 11.7. The van der Waals surface area contributed by atoms with Crippen molar-refractivity contribution in [3.05, 3.63) is 79.9 Å². The second kappa shape index (κ2) is 10.1. The van der Waals surface area contributed by atoms with Gasteiger partial charge in [0.2, 0.25) is 11.8 Å². The first-order valence-electron chi connectivity index (χ1n) is 12.2. The van der Waals surface area contributed by atoms with Gasteiger partial charge in [0.15, 0.2) is 5.16 Å². The van der Waals surface area contributed by atoms with Crippen LogP contribution in [0.2, 0.25) is 0 Å². The summed E-state index contributed by atoms with van der Waals surface area (Å²) in [6, 6.07) is 12.4. The Morgan fingerprint density at radius 2 is 1.95 bits per heavy atom. The van der Waals surface area contributed by atoms with E-state index in [-0.39, 0.29) is 17.2 Å². The number of thiophene rings is 1. The average molecular weight is 533 g/mol. The molecule has 2 aromatic carbocycles. The standard InChI is InChI=1S/C28H28N4O3S2/c1-15-4-6-17(3)21(12-15)32-27(35)24-20-11-5-16(2)13-22(20)37-26(24)31-28(32)36-14-23(33)30-19-9-7-18(8-10-19)25(29)34/h4,6-10,12,16H,5,11,13-14H2,1-3H3,(H2,29,34)(H,30,33)/t16-/m1/s1. The van der Waals surface area contributed by atoms with E-state index in [4.69, 9.17) is 10.7 Å². The lowest BCUT2D eigenvalue weighted by atomic mass is 9.89. The molecule has 0 saturated heterocycles. The zero-order valence-electron chi connectivity index (χ0n) is 21.0. The minimum atomic E-state index is -0.524. The summed E-state index contributed by atoms with van der Waals surface area (Å²) in [5, 5.41) is 4.05. The number of hydrogen-bond acceptors (Lipinski definition) is 6. The van der Waals surface area contributed by atoms with Crippen molar-refractivity contribution in [2.45, 2.75) is 45.2 Å². The van der Waals surface area contributed by atoms with Gasteiger partial charge in [0.1, 0.15) is 4.83 Å². The van der Waals surface area contributed by atoms with E-state index >= 15 is 0 Å². The average Bonchev–Trinajstić information content (AvgIpc) is 3.22. The summed E-state index contributed by atoms with van der Waals surface area (Å²) < 4.78 is 1.68. The summed E-state index contributed by atoms with van der Waals surface area (Å²) in [6.07, 6.45) is 2.93. The first kappa shape index (κ1) is 25.2. The Morgan fingerprint density at radius 1 is 1.19 bits per heavy atom. The molecule has 0 saturated carbocycles. The monoisotopic (exact) mass is 532 g/mol. The first-order valence-corrected chi connectivity index (χ1v) is 14.0. The molecule has 2 aromatic heterocycles. The fraction of sp³-hybridized carbons (Fsp3) is 0.286. The number of nitrogens with zero attached hydrogens (tertiary/aromatic N) is 2. The normalized spacial score (nSPS) is 14.9. The van der Waals surface area contributed by atoms with Crippen molar-refractivity contribution < 1.29 is 9.59 Å². The van der Waals surface area contributed by atoms with Gasteiger partial charge in [-0.3, -0.25) is 19.0 Å². The number of aromatic nitrogens is 2. The Labute approximate surface area is 223 Å². The molecule has 1 aliphatic carbocycles. The minimum absolute atomic E-state index is 0.0719. The van der Waals surface area contributed by atoms with Gasteiger partial charge in [-0.2, -0.15) is 0 Å². The van der Waals surface area contributed by atoms with Gasteiger partial charge in [0.25, 0.3) is 5.56 Å². The molecule has 190 valence electrons. The van der Waals surface area contributed by atoms with Crippen molar-refractivity contribution in [1.82, 2.24) is 9.55 Å². The lowest BCUT2D eigenvalue weighted by Gasteiger charge is -2.18. The van der Waals surface area contributed by atoms with E-state index in [1.807, 2.05) is 32.0 Å². The molecule has 2 heterocycles. The summed E-state index contributed by atoms with van der Waals surface area (Å²) in [5.74, 6) is -0.0962. The molecule has 0 fully saturated rings. The van der Waals surface area contributed by atoms with Crippen LogP contribution in [0.15, 0.2) is 52.4 Å². The van der Waals surface area contributed by atoms with Crippen LogP contribution in [0.1, 0.15) is 45.3 Å². The number of hydrogen-bond donors (Lipinski definition) is 2. The number of carbonyl (C=O) groups excluding carboxylic acids is 2. The van der Waals surface area contributed by atoms with E-state index in [1.165, 1.54) is 16.6 Å². The Bertz CT molecular complexity index is 1590. The number of thioether (sulfide) groups is 1. The molecule has 1 atom stereocenters. The zero-order valence-corrected chi connectivity index (χ0v) is 22.6. The van der Waals surface area contributed by atoms with Crippen molar-refractivity contribution in [1.29, 1.82) is 0 Å². The molecule has 1 aliphatic rings. The highest BCUT2D eigenvalue weighted by atomic mass is 32.2. The number of benzene rings is 2. The van der Waals surface area contributed by atoms with Gasteiger partial charge in [0, 0.05) is 16.1 Å². The van der Waals surface area contributed by atoms with Crippen LogP contribution in [0.3, 0.4) is 0 Å². The van der Waals surface area contributed by atoms with Gasteiger partial charge in [-0.15, -0.1) is 11.3 Å². The van der Waals surface area contributed by atoms with Gasteiger partial charge in [0.05, 0.1) is 16.8 Å². The summed E-state index contributed by atoms with van der Waals surface area (Å²) in [5.41, 5.74) is 10.1. The SMILES string of the molecule is Cc1ccc(C)c(-n2c(SCC(=O)Nc3ccc(C(N)=O)cc3)nc3sc4c(c3c2=O)CC[C@@H](C)C4)c1. The Morgan fingerprint density at radius 3 is 2.68 bits per heavy atom. The quantitative estimate of drug-likeness (QED) is 0.268. The van der Waals surface area contributed by atoms with Gasteiger partial charge in [-0.05, 0) is 86.1 Å². The smallest absolute Gasteiger partial charge is 0.267 e. The van der Waals surface area contributed by atoms with Gasteiger partial charge in [-0.1, -0.05) is 30.8 Å². The van der Waals surface area contributed by atoms with Crippen LogP contribution in [0.25, 0.3) is 15.9 Å². The number of nitrogens with two attached hydrogens (primary N) is 1. The van der Waals surface area contributed by atoms with E-state index in [0.29, 0.717) is 22.3 Å². The minimum Gasteiger partial charge on any atom is -0.366 e. The van der Waals surface area contributed by atoms with Crippen LogP contribution in [0, 0.1) is 19.8 Å². The van der Waals surface area contributed by atoms with E-state index in [1.54, 1.807) is 40.2 Å². The van der Waals surface area contributed by atoms with Crippen LogP contribution in [0.5, 0.6) is 0 Å². The maximum Gasteiger partial charge on any atom is 0.267 e. The van der Waals surface area contributed by atoms with E-state index in [9.17, 15) is 14.4 Å². The Kier molecular flexibility index (Phi) is 6.92. The molecule has 2 amide bonds. The summed E-state index contributed by atoms with van der Waals surface area (Å²) in [6.45, 7) is 6.22. The van der Waals surface area contributed by atoms with Gasteiger partial charge < -0.3 is 11.1 Å². The highest BCUT2D eigenvalue weighted by Gasteiger charge is 2.26. The fourth-order valence-electron chi connectivity index (χ4n) is 4.69. The van der Waals surface area contributed by atoms with Crippen molar-refractivity contribution in [2.24, 2.45) is 11.7 Å². The predicted octanol–water partition coefficient (Wildman–Crippen LogP) is 5.02. The van der Waals surface area contributed by atoms with Gasteiger partial charge >= 0.3 is 0 Å². The summed E-state index contributed by atoms with van der Waals surface area (Å²) in [4.78, 5) is 45.0. The maximum atomic E-state index is 14.0. The largest absolute Gasteiger partial charge is 0.366 e. The lowest BCUT2D eigenvalue weighted by Crippen LogP contribution is -2.24. The third-order valence-electron chi connectivity index (χ3n) is 6.69. The van der Waals surface area contributed by atoms with Crippen LogP contribution < -0.4 is 16.6 Å². The third-order valence-corrected chi connectivity index (χ3v) is 8.78. The van der Waals surface area contributed by atoms with Crippen molar-refractivity contribution in [2.75, 3.05) is 11.1 Å². The lowest BCUT2D eigenvalue weighted by molar-refractivity contribution is -0.113. The molecule has 0 unspecified atom stereocenters. The van der Waals surface area contributed by atoms with E-state index < -0.39 is 5.91 Å². The number of rotatable bonds is 6. The number of carbonyl (C=O) groups is 2. The summed E-state index contributed by atoms with van der Waals surface area (Å²) >= 11 is 2.85. The van der Waals surface area contributed by atoms with E-state index in [2.05, 4.69) is 12.2 Å². The molecular formula is C28H28N4O3S2. The van der Waals surface area contributed by atoms with Gasteiger partial charge in [-0.25, -0.2) is 4.98 Å². The number of amides is 2. The fourth-order valence-corrected chi connectivity index (χ4v) is 6.92. The second-order valence-electron chi connectivity index (χ2n) is 9.64. The molecular weight excluding hydrogens is 504 g/mol. The maximum absolute atomic E-state index is 14.0. The van der Waals surface area contributed by atoms with Crippen molar-refractivity contribution >= 4 is 50.8 Å². The van der Waals surface area contributed by atoms with Crippen LogP contribution in [-0.4, -0.2) is 27.1 Å². The summed E-state index contributed by atoms with van der Waals surface area (Å²) in [7, 11) is 0. The van der Waals surface area contributed by atoms with Crippen LogP contribution in [-0.2, 0) is 17.6 Å². The molecule has 4 aromatic rings. The molecule has 37 heavy (non-hydrogen) atoms.